The van der Waals surface area contributed by atoms with Gasteiger partial charge in [0.2, 0.25) is 5.91 Å². The van der Waals surface area contributed by atoms with Crippen molar-refractivity contribution in [2.24, 2.45) is 5.92 Å². The summed E-state index contributed by atoms with van der Waals surface area (Å²) in [6, 6.07) is 6.28. The number of piperidine rings is 1. The number of benzene rings is 1. The molecule has 1 aliphatic heterocycles. The van der Waals surface area contributed by atoms with E-state index in [1.54, 1.807) is 14.0 Å². The molecule has 0 radical (unpaired) electrons. The summed E-state index contributed by atoms with van der Waals surface area (Å²) in [6.07, 6.45) is 0.991. The molecule has 2 unspecified atom stereocenters. The molecule has 2 atom stereocenters. The van der Waals surface area contributed by atoms with Crippen LogP contribution < -0.4 is 10.1 Å². The van der Waals surface area contributed by atoms with Crippen molar-refractivity contribution in [2.75, 3.05) is 20.2 Å². The quantitative estimate of drug-likeness (QED) is 0.929. The Morgan fingerprint density at radius 3 is 2.86 bits per heavy atom. The number of halogens is 1. The molecule has 21 heavy (non-hydrogen) atoms. The molecular formula is C16H23ClN2O2. The predicted molar refractivity (Wildman–Crippen MR) is 84.7 cm³/mol. The molecule has 116 valence electrons. The largest absolute Gasteiger partial charge is 0.495 e. The van der Waals surface area contributed by atoms with E-state index in [-0.39, 0.29) is 5.91 Å². The summed E-state index contributed by atoms with van der Waals surface area (Å²) in [5, 5.41) is 4.21. The second-order valence-corrected chi connectivity index (χ2v) is 6.09. The Balaban J connectivity index is 1.89. The van der Waals surface area contributed by atoms with Crippen LogP contribution in [-0.2, 0) is 11.3 Å². The first kappa shape index (κ1) is 16.1. The maximum atomic E-state index is 11.4. The Kier molecular flexibility index (Phi) is 5.48. The second-order valence-electron chi connectivity index (χ2n) is 5.69. The SMILES string of the molecule is COc1ccc(CNC2CCN(C(C)=O)CC2C)cc1Cl. The predicted octanol–water partition coefficient (Wildman–Crippen LogP) is 2.70. The molecule has 1 aromatic rings. The number of methoxy groups -OCH3 is 1. The van der Waals surface area contributed by atoms with E-state index in [1.165, 1.54) is 0 Å². The molecule has 1 heterocycles. The van der Waals surface area contributed by atoms with Crippen molar-refractivity contribution in [1.82, 2.24) is 10.2 Å². The molecule has 0 aromatic heterocycles. The van der Waals surface area contributed by atoms with Gasteiger partial charge in [-0.3, -0.25) is 4.79 Å². The van der Waals surface area contributed by atoms with Gasteiger partial charge in [-0.1, -0.05) is 24.6 Å². The van der Waals surface area contributed by atoms with Gasteiger partial charge in [-0.05, 0) is 30.0 Å². The average Bonchev–Trinajstić information content (AvgIpc) is 2.46. The maximum absolute atomic E-state index is 11.4. The third-order valence-electron chi connectivity index (χ3n) is 4.14. The van der Waals surface area contributed by atoms with Crippen molar-refractivity contribution in [2.45, 2.75) is 32.9 Å². The molecule has 4 nitrogen and oxygen atoms in total. The molecule has 1 N–H and O–H groups in total. The minimum Gasteiger partial charge on any atom is -0.495 e. The van der Waals surface area contributed by atoms with Gasteiger partial charge in [0.1, 0.15) is 5.75 Å². The van der Waals surface area contributed by atoms with Crippen LogP contribution in [0, 0.1) is 5.92 Å². The summed E-state index contributed by atoms with van der Waals surface area (Å²) in [7, 11) is 1.61. The van der Waals surface area contributed by atoms with Crippen molar-refractivity contribution in [1.29, 1.82) is 0 Å². The zero-order valence-corrected chi connectivity index (χ0v) is 13.6. The van der Waals surface area contributed by atoms with Crippen LogP contribution in [0.5, 0.6) is 5.75 Å². The lowest BCUT2D eigenvalue weighted by Crippen LogP contribution is -2.49. The van der Waals surface area contributed by atoms with E-state index >= 15 is 0 Å². The average molecular weight is 311 g/mol. The first-order valence-electron chi connectivity index (χ1n) is 7.32. The summed E-state index contributed by atoms with van der Waals surface area (Å²) < 4.78 is 5.16. The maximum Gasteiger partial charge on any atom is 0.219 e. The number of carbonyl (C=O) groups is 1. The third-order valence-corrected chi connectivity index (χ3v) is 4.43. The molecule has 1 amide bonds. The van der Waals surface area contributed by atoms with E-state index in [0.29, 0.717) is 22.7 Å². The van der Waals surface area contributed by atoms with Gasteiger partial charge in [0, 0.05) is 32.6 Å². The zero-order valence-electron chi connectivity index (χ0n) is 12.9. The van der Waals surface area contributed by atoms with Crippen LogP contribution in [0.3, 0.4) is 0 Å². The highest BCUT2D eigenvalue weighted by Gasteiger charge is 2.26. The molecule has 0 saturated carbocycles. The van der Waals surface area contributed by atoms with Crippen molar-refractivity contribution >= 4 is 17.5 Å². The fourth-order valence-electron chi connectivity index (χ4n) is 2.80. The number of carbonyl (C=O) groups excluding carboxylic acids is 1. The molecule has 0 spiro atoms. The van der Waals surface area contributed by atoms with Crippen molar-refractivity contribution in [3.05, 3.63) is 28.8 Å². The number of hydrogen-bond acceptors (Lipinski definition) is 3. The minimum absolute atomic E-state index is 0.169. The lowest BCUT2D eigenvalue weighted by Gasteiger charge is -2.37. The van der Waals surface area contributed by atoms with Crippen LogP contribution in [0.25, 0.3) is 0 Å². The highest BCUT2D eigenvalue weighted by atomic mass is 35.5. The van der Waals surface area contributed by atoms with Gasteiger partial charge < -0.3 is 15.0 Å². The highest BCUT2D eigenvalue weighted by Crippen LogP contribution is 2.25. The molecule has 2 rings (SSSR count). The van der Waals surface area contributed by atoms with E-state index < -0.39 is 0 Å². The standard InChI is InChI=1S/C16H23ClN2O2/c1-11-10-19(12(2)20)7-6-15(11)18-9-13-4-5-16(21-3)14(17)8-13/h4-5,8,11,15,18H,6-7,9-10H2,1-3H3. The first-order chi connectivity index (χ1) is 10.0. The molecule has 1 saturated heterocycles. The van der Waals surface area contributed by atoms with E-state index in [2.05, 4.69) is 12.2 Å². The first-order valence-corrected chi connectivity index (χ1v) is 7.70. The van der Waals surface area contributed by atoms with E-state index in [1.807, 2.05) is 23.1 Å². The lowest BCUT2D eigenvalue weighted by molar-refractivity contribution is -0.130. The van der Waals surface area contributed by atoms with Crippen LogP contribution in [0.4, 0.5) is 0 Å². The van der Waals surface area contributed by atoms with Crippen LogP contribution in [0.2, 0.25) is 5.02 Å². The summed E-state index contributed by atoms with van der Waals surface area (Å²) in [6.45, 7) is 6.27. The number of nitrogens with zero attached hydrogens (tertiary/aromatic N) is 1. The summed E-state index contributed by atoms with van der Waals surface area (Å²) in [5.74, 6) is 1.32. The molecule has 1 aromatic carbocycles. The number of hydrogen-bond donors (Lipinski definition) is 1. The number of amides is 1. The van der Waals surface area contributed by atoms with Crippen molar-refractivity contribution in [3.63, 3.8) is 0 Å². The fraction of sp³-hybridized carbons (Fsp3) is 0.562. The minimum atomic E-state index is 0.169. The summed E-state index contributed by atoms with van der Waals surface area (Å²) in [5.41, 5.74) is 1.14. The number of likely N-dealkylation sites (tertiary alicyclic amines) is 1. The number of rotatable bonds is 4. The van der Waals surface area contributed by atoms with Gasteiger partial charge >= 0.3 is 0 Å². The number of nitrogens with one attached hydrogen (secondary N) is 1. The molecule has 5 heteroatoms. The Morgan fingerprint density at radius 2 is 2.29 bits per heavy atom. The monoisotopic (exact) mass is 310 g/mol. The smallest absolute Gasteiger partial charge is 0.219 e. The van der Waals surface area contributed by atoms with Crippen molar-refractivity contribution in [3.8, 4) is 5.75 Å². The lowest BCUT2D eigenvalue weighted by atomic mass is 9.93. The van der Waals surface area contributed by atoms with Gasteiger partial charge in [-0.2, -0.15) is 0 Å². The topological polar surface area (TPSA) is 41.6 Å². The molecule has 1 aliphatic rings. The van der Waals surface area contributed by atoms with Crippen LogP contribution >= 0.6 is 11.6 Å². The Bertz CT molecular complexity index is 507. The molecule has 0 aliphatic carbocycles. The normalized spacial score (nSPS) is 22.2. The van der Waals surface area contributed by atoms with Gasteiger partial charge in [0.25, 0.3) is 0 Å². The number of ether oxygens (including phenoxy) is 1. The second kappa shape index (κ2) is 7.14. The summed E-state index contributed by atoms with van der Waals surface area (Å²) >= 11 is 6.14. The Hall–Kier alpha value is -1.26. The Morgan fingerprint density at radius 1 is 1.52 bits per heavy atom. The van der Waals surface area contributed by atoms with E-state index in [0.717, 1.165) is 31.6 Å². The third kappa shape index (κ3) is 4.11. The van der Waals surface area contributed by atoms with Gasteiger partial charge in [-0.15, -0.1) is 0 Å². The molecule has 0 bridgehead atoms. The van der Waals surface area contributed by atoms with Gasteiger partial charge in [-0.25, -0.2) is 0 Å². The van der Waals surface area contributed by atoms with Gasteiger partial charge in [0.05, 0.1) is 12.1 Å². The highest BCUT2D eigenvalue weighted by molar-refractivity contribution is 6.32. The zero-order chi connectivity index (χ0) is 15.4. The van der Waals surface area contributed by atoms with Crippen LogP contribution in [0.15, 0.2) is 18.2 Å². The van der Waals surface area contributed by atoms with E-state index in [4.69, 9.17) is 16.3 Å². The van der Waals surface area contributed by atoms with Crippen LogP contribution in [-0.4, -0.2) is 37.0 Å². The fourth-order valence-corrected chi connectivity index (χ4v) is 3.08. The Labute approximate surface area is 131 Å². The molecule has 1 fully saturated rings. The van der Waals surface area contributed by atoms with Gasteiger partial charge in [0.15, 0.2) is 0 Å². The van der Waals surface area contributed by atoms with Crippen molar-refractivity contribution < 1.29 is 9.53 Å². The van der Waals surface area contributed by atoms with Crippen LogP contribution in [0.1, 0.15) is 25.8 Å². The van der Waals surface area contributed by atoms with E-state index in [9.17, 15) is 4.79 Å². The summed E-state index contributed by atoms with van der Waals surface area (Å²) in [4.78, 5) is 13.3. The molecular weight excluding hydrogens is 288 g/mol.